The summed E-state index contributed by atoms with van der Waals surface area (Å²) in [6.45, 7) is 3.09. The molecule has 0 spiro atoms. The van der Waals surface area contributed by atoms with E-state index < -0.39 is 0 Å². The zero-order valence-corrected chi connectivity index (χ0v) is 10.7. The molecule has 2 nitrogen and oxygen atoms in total. The lowest BCUT2D eigenvalue weighted by Crippen LogP contribution is -2.42. The van der Waals surface area contributed by atoms with Crippen molar-refractivity contribution in [2.75, 3.05) is 6.54 Å². The van der Waals surface area contributed by atoms with E-state index in [-0.39, 0.29) is 6.10 Å². The largest absolute Gasteiger partial charge is 0.392 e. The topological polar surface area (TPSA) is 32.3 Å². The number of hydrogen-bond acceptors (Lipinski definition) is 2. The summed E-state index contributed by atoms with van der Waals surface area (Å²) in [5.74, 6) is 0. The van der Waals surface area contributed by atoms with E-state index in [1.54, 1.807) is 0 Å². The second-order valence-corrected chi connectivity index (χ2v) is 5.15. The minimum Gasteiger partial charge on any atom is -0.392 e. The van der Waals surface area contributed by atoms with Crippen LogP contribution in [0.1, 0.15) is 36.8 Å². The van der Waals surface area contributed by atoms with Crippen molar-refractivity contribution in [3.63, 3.8) is 0 Å². The number of aliphatic hydroxyl groups excluding tert-OH is 1. The van der Waals surface area contributed by atoms with Gasteiger partial charge in [0.05, 0.1) is 6.10 Å². The quantitative estimate of drug-likeness (QED) is 0.837. The zero-order chi connectivity index (χ0) is 12.1. The van der Waals surface area contributed by atoms with Crippen molar-refractivity contribution in [3.8, 4) is 0 Å². The van der Waals surface area contributed by atoms with E-state index >= 15 is 0 Å². The summed E-state index contributed by atoms with van der Waals surface area (Å²) < 4.78 is 0. The van der Waals surface area contributed by atoms with E-state index in [2.05, 4.69) is 36.5 Å². The van der Waals surface area contributed by atoms with Gasteiger partial charge in [0.2, 0.25) is 0 Å². The fraction of sp³-hybridized carbons (Fsp3) is 0.600. The van der Waals surface area contributed by atoms with Gasteiger partial charge in [0.1, 0.15) is 0 Å². The average Bonchev–Trinajstić information content (AvgIpc) is 2.32. The molecule has 1 saturated carbocycles. The van der Waals surface area contributed by atoms with Crippen molar-refractivity contribution >= 4 is 0 Å². The Morgan fingerprint density at radius 1 is 1.29 bits per heavy atom. The molecule has 1 aliphatic carbocycles. The molecule has 2 heteroatoms. The van der Waals surface area contributed by atoms with E-state index in [0.29, 0.717) is 6.04 Å². The molecule has 0 saturated heterocycles. The van der Waals surface area contributed by atoms with Crippen LogP contribution in [0.5, 0.6) is 0 Å². The molecule has 17 heavy (non-hydrogen) atoms. The number of rotatable bonds is 4. The Bertz CT molecular complexity index is 351. The number of aliphatic hydroxyl groups is 1. The summed E-state index contributed by atoms with van der Waals surface area (Å²) >= 11 is 0. The fourth-order valence-corrected chi connectivity index (χ4v) is 2.62. The standard InChI is InChI=1S/C15H23NO/c1-12-5-4-6-13(11-12)9-10-16-14-7-2-3-8-15(14)17/h4-6,11,14-17H,2-3,7-10H2,1H3/t14-,15-/m0/s1. The van der Waals surface area contributed by atoms with Crippen LogP contribution >= 0.6 is 0 Å². The second-order valence-electron chi connectivity index (χ2n) is 5.15. The number of benzene rings is 1. The average molecular weight is 233 g/mol. The lowest BCUT2D eigenvalue weighted by molar-refractivity contribution is 0.0914. The number of hydrogen-bond donors (Lipinski definition) is 2. The van der Waals surface area contributed by atoms with Gasteiger partial charge in [0.15, 0.2) is 0 Å². The van der Waals surface area contributed by atoms with Gasteiger partial charge < -0.3 is 10.4 Å². The molecule has 0 aliphatic heterocycles. The van der Waals surface area contributed by atoms with Crippen molar-refractivity contribution in [3.05, 3.63) is 35.4 Å². The molecule has 1 aliphatic rings. The highest BCUT2D eigenvalue weighted by atomic mass is 16.3. The molecule has 0 heterocycles. The monoisotopic (exact) mass is 233 g/mol. The molecule has 0 aromatic heterocycles. The van der Waals surface area contributed by atoms with Crippen molar-refractivity contribution in [1.29, 1.82) is 0 Å². The van der Waals surface area contributed by atoms with Crippen molar-refractivity contribution in [2.24, 2.45) is 0 Å². The van der Waals surface area contributed by atoms with Crippen molar-refractivity contribution < 1.29 is 5.11 Å². The highest BCUT2D eigenvalue weighted by Crippen LogP contribution is 2.18. The lowest BCUT2D eigenvalue weighted by atomic mass is 9.92. The van der Waals surface area contributed by atoms with Gasteiger partial charge in [0, 0.05) is 6.04 Å². The minimum absolute atomic E-state index is 0.138. The third kappa shape index (κ3) is 3.83. The van der Waals surface area contributed by atoms with E-state index in [1.807, 2.05) is 0 Å². The molecule has 0 bridgehead atoms. The molecule has 2 rings (SSSR count). The third-order valence-corrected chi connectivity index (χ3v) is 3.63. The van der Waals surface area contributed by atoms with Gasteiger partial charge in [-0.05, 0) is 38.3 Å². The van der Waals surface area contributed by atoms with Gasteiger partial charge in [-0.15, -0.1) is 0 Å². The molecule has 0 radical (unpaired) electrons. The summed E-state index contributed by atoms with van der Waals surface area (Å²) in [4.78, 5) is 0. The predicted molar refractivity (Wildman–Crippen MR) is 71.1 cm³/mol. The van der Waals surface area contributed by atoms with E-state index in [0.717, 1.165) is 25.8 Å². The summed E-state index contributed by atoms with van der Waals surface area (Å²) in [6, 6.07) is 8.96. The Hall–Kier alpha value is -0.860. The maximum absolute atomic E-state index is 9.85. The highest BCUT2D eigenvalue weighted by molar-refractivity contribution is 5.22. The summed E-state index contributed by atoms with van der Waals surface area (Å²) in [6.07, 6.45) is 5.42. The molecule has 1 aromatic carbocycles. The molecular formula is C15H23NO. The van der Waals surface area contributed by atoms with Crippen molar-refractivity contribution in [1.82, 2.24) is 5.32 Å². The minimum atomic E-state index is -0.138. The maximum atomic E-state index is 9.85. The first-order valence-corrected chi connectivity index (χ1v) is 6.73. The summed E-state index contributed by atoms with van der Waals surface area (Å²) in [7, 11) is 0. The summed E-state index contributed by atoms with van der Waals surface area (Å²) in [5, 5.41) is 13.3. The Balaban J connectivity index is 1.75. The molecular weight excluding hydrogens is 210 g/mol. The first-order chi connectivity index (χ1) is 8.25. The van der Waals surface area contributed by atoms with Crippen LogP contribution in [0.2, 0.25) is 0 Å². The van der Waals surface area contributed by atoms with Crippen LogP contribution in [0.3, 0.4) is 0 Å². The Kier molecular flexibility index (Phi) is 4.57. The Labute approximate surface area is 104 Å². The van der Waals surface area contributed by atoms with Gasteiger partial charge >= 0.3 is 0 Å². The fourth-order valence-electron chi connectivity index (χ4n) is 2.62. The molecule has 2 atom stereocenters. The molecule has 1 aromatic rings. The van der Waals surface area contributed by atoms with Gasteiger partial charge in [-0.3, -0.25) is 0 Å². The SMILES string of the molecule is Cc1cccc(CCN[C@H]2CCCC[C@@H]2O)c1. The van der Waals surface area contributed by atoms with Crippen LogP contribution in [0.15, 0.2) is 24.3 Å². The zero-order valence-electron chi connectivity index (χ0n) is 10.7. The van der Waals surface area contributed by atoms with Crippen LogP contribution in [0.4, 0.5) is 0 Å². The Morgan fingerprint density at radius 2 is 2.12 bits per heavy atom. The van der Waals surface area contributed by atoms with Crippen LogP contribution in [-0.2, 0) is 6.42 Å². The first kappa shape index (κ1) is 12.6. The maximum Gasteiger partial charge on any atom is 0.0693 e. The van der Waals surface area contributed by atoms with Crippen LogP contribution in [0.25, 0.3) is 0 Å². The van der Waals surface area contributed by atoms with Crippen LogP contribution < -0.4 is 5.32 Å². The van der Waals surface area contributed by atoms with Crippen LogP contribution in [0, 0.1) is 6.92 Å². The van der Waals surface area contributed by atoms with E-state index in [1.165, 1.54) is 24.0 Å². The predicted octanol–water partition coefficient (Wildman–Crippen LogP) is 2.43. The molecule has 0 amide bonds. The molecule has 0 unspecified atom stereocenters. The lowest BCUT2D eigenvalue weighted by Gasteiger charge is -2.28. The van der Waals surface area contributed by atoms with Gasteiger partial charge in [-0.1, -0.05) is 42.7 Å². The third-order valence-electron chi connectivity index (χ3n) is 3.63. The molecule has 1 fully saturated rings. The van der Waals surface area contributed by atoms with E-state index in [9.17, 15) is 5.11 Å². The molecule has 94 valence electrons. The van der Waals surface area contributed by atoms with E-state index in [4.69, 9.17) is 0 Å². The smallest absolute Gasteiger partial charge is 0.0693 e. The molecule has 2 N–H and O–H groups in total. The van der Waals surface area contributed by atoms with Gasteiger partial charge in [-0.25, -0.2) is 0 Å². The van der Waals surface area contributed by atoms with Gasteiger partial charge in [-0.2, -0.15) is 0 Å². The first-order valence-electron chi connectivity index (χ1n) is 6.73. The van der Waals surface area contributed by atoms with Crippen molar-refractivity contribution in [2.45, 2.75) is 51.2 Å². The second kappa shape index (κ2) is 6.18. The normalized spacial score (nSPS) is 24.8. The van der Waals surface area contributed by atoms with Crippen LogP contribution in [-0.4, -0.2) is 23.8 Å². The Morgan fingerprint density at radius 3 is 2.88 bits per heavy atom. The number of nitrogens with one attached hydrogen (secondary N) is 1. The highest BCUT2D eigenvalue weighted by Gasteiger charge is 2.21. The number of aryl methyl sites for hydroxylation is 1. The summed E-state index contributed by atoms with van der Waals surface area (Å²) in [5.41, 5.74) is 2.70. The van der Waals surface area contributed by atoms with Gasteiger partial charge in [0.25, 0.3) is 0 Å².